The van der Waals surface area contributed by atoms with Crippen molar-refractivity contribution in [2.45, 2.75) is 56.3 Å². The first-order valence-electron chi connectivity index (χ1n) is 9.26. The largest absolute Gasteiger partial charge is 0.384 e. The lowest BCUT2D eigenvalue weighted by molar-refractivity contribution is -0.0810. The molecule has 2 aliphatic carbocycles. The number of nitrogens with one attached hydrogen (secondary N) is 1. The highest BCUT2D eigenvalue weighted by Crippen LogP contribution is 2.43. The lowest BCUT2D eigenvalue weighted by Gasteiger charge is -2.47. The molecule has 3 aliphatic rings. The Hall–Kier alpha value is -1.22. The van der Waals surface area contributed by atoms with Crippen LogP contribution in [0.25, 0.3) is 0 Å². The number of hydrogen-bond donors (Lipinski definition) is 2. The molecule has 1 saturated heterocycles. The molecular weight excluding hydrogens is 358 g/mol. The summed E-state index contributed by atoms with van der Waals surface area (Å²) in [5.41, 5.74) is 6.34. The zero-order chi connectivity index (χ0) is 17.4. The van der Waals surface area contributed by atoms with E-state index in [9.17, 15) is 4.79 Å². The topological polar surface area (TPSA) is 104 Å². The number of methoxy groups -OCH3 is 1. The number of hydrogen-bond acceptors (Lipinski definition) is 6. The highest BCUT2D eigenvalue weighted by molar-refractivity contribution is 5.92. The summed E-state index contributed by atoms with van der Waals surface area (Å²) in [5.74, 6) is 0.450. The molecule has 3 fully saturated rings. The van der Waals surface area contributed by atoms with Gasteiger partial charge in [0.1, 0.15) is 0 Å². The number of aromatic nitrogens is 3. The molecule has 1 amide bonds. The van der Waals surface area contributed by atoms with Crippen molar-refractivity contribution in [2.75, 3.05) is 20.3 Å². The minimum absolute atomic E-state index is 0. The van der Waals surface area contributed by atoms with E-state index in [-0.39, 0.29) is 36.4 Å². The summed E-state index contributed by atoms with van der Waals surface area (Å²) in [6, 6.07) is 0.685. The second kappa shape index (κ2) is 8.21. The maximum atomic E-state index is 12.6. The number of halogens is 1. The van der Waals surface area contributed by atoms with Gasteiger partial charge in [0.2, 0.25) is 0 Å². The fourth-order valence-electron chi connectivity index (χ4n) is 4.59. The van der Waals surface area contributed by atoms with E-state index in [1.807, 2.05) is 4.68 Å². The Balaban J connectivity index is 0.00000196. The normalized spacial score (nSPS) is 35.9. The Morgan fingerprint density at radius 1 is 1.38 bits per heavy atom. The van der Waals surface area contributed by atoms with E-state index in [0.29, 0.717) is 30.3 Å². The quantitative estimate of drug-likeness (QED) is 0.781. The number of fused-ring (bicyclic) bond motifs is 1. The summed E-state index contributed by atoms with van der Waals surface area (Å²) >= 11 is 0. The maximum absolute atomic E-state index is 12.6. The third-order valence-corrected chi connectivity index (χ3v) is 6.04. The van der Waals surface area contributed by atoms with Crippen LogP contribution in [0.4, 0.5) is 0 Å². The molecule has 0 bridgehead atoms. The number of amides is 1. The predicted molar refractivity (Wildman–Crippen MR) is 97.2 cm³/mol. The summed E-state index contributed by atoms with van der Waals surface area (Å²) in [7, 11) is 1.68. The van der Waals surface area contributed by atoms with Crippen LogP contribution in [0.5, 0.6) is 0 Å². The molecule has 4 atom stereocenters. The maximum Gasteiger partial charge on any atom is 0.273 e. The van der Waals surface area contributed by atoms with E-state index in [2.05, 4.69) is 15.6 Å². The average molecular weight is 386 g/mol. The Morgan fingerprint density at radius 3 is 2.88 bits per heavy atom. The van der Waals surface area contributed by atoms with Crippen LogP contribution in [0, 0.1) is 11.8 Å². The SMILES string of the molecule is COC[C@@H]1[C@H](NC(=O)c2cn(C3CCC(N)CC3)nn2)[C@@H]2CCO[C@H]12.Cl. The van der Waals surface area contributed by atoms with Crippen molar-refractivity contribution in [3.8, 4) is 0 Å². The molecule has 26 heavy (non-hydrogen) atoms. The summed E-state index contributed by atoms with van der Waals surface area (Å²) in [6.45, 7) is 1.36. The Morgan fingerprint density at radius 2 is 2.15 bits per heavy atom. The standard InChI is InChI=1S/C17H27N5O3.ClH/c1-24-9-13-15(12-6-7-25-16(12)13)19-17(23)14-8-22(21-20-14)11-4-2-10(18)3-5-11;/h8,10-13,15-16H,2-7,9,18H2,1H3,(H,19,23);1H/t10?,11?,12-,13+,15+,16-;/m0./s1. The van der Waals surface area contributed by atoms with Gasteiger partial charge in [0, 0.05) is 37.6 Å². The number of ether oxygens (including phenoxy) is 2. The Labute approximate surface area is 159 Å². The summed E-state index contributed by atoms with van der Waals surface area (Å²) in [5, 5.41) is 11.4. The molecule has 2 heterocycles. The zero-order valence-corrected chi connectivity index (χ0v) is 15.9. The molecule has 0 aromatic carbocycles. The fraction of sp³-hybridized carbons (Fsp3) is 0.824. The van der Waals surface area contributed by atoms with Crippen LogP contribution < -0.4 is 11.1 Å². The first-order valence-corrected chi connectivity index (χ1v) is 9.26. The van der Waals surface area contributed by atoms with Gasteiger partial charge in [0.15, 0.2) is 5.69 Å². The van der Waals surface area contributed by atoms with Crippen molar-refractivity contribution >= 4 is 18.3 Å². The molecule has 0 spiro atoms. The highest BCUT2D eigenvalue weighted by atomic mass is 35.5. The zero-order valence-electron chi connectivity index (χ0n) is 15.0. The number of rotatable bonds is 5. The number of nitrogens with two attached hydrogens (primary N) is 1. The third kappa shape index (κ3) is 3.60. The van der Waals surface area contributed by atoms with E-state index in [1.54, 1.807) is 13.3 Å². The molecular formula is C17H28ClN5O3. The molecule has 3 N–H and O–H groups in total. The molecule has 9 heteroatoms. The lowest BCUT2D eigenvalue weighted by atomic mass is 9.67. The summed E-state index contributed by atoms with van der Waals surface area (Å²) in [6.07, 6.45) is 6.95. The Kier molecular flexibility index (Phi) is 6.17. The minimum atomic E-state index is -0.157. The summed E-state index contributed by atoms with van der Waals surface area (Å²) in [4.78, 5) is 12.6. The molecule has 8 nitrogen and oxygen atoms in total. The van der Waals surface area contributed by atoms with Crippen molar-refractivity contribution < 1.29 is 14.3 Å². The van der Waals surface area contributed by atoms with E-state index in [4.69, 9.17) is 15.2 Å². The Bertz CT molecular complexity index is 619. The van der Waals surface area contributed by atoms with Crippen LogP contribution in [0.15, 0.2) is 6.20 Å². The number of nitrogens with zero attached hydrogens (tertiary/aromatic N) is 3. The van der Waals surface area contributed by atoms with Gasteiger partial charge >= 0.3 is 0 Å². The van der Waals surface area contributed by atoms with Gasteiger partial charge < -0.3 is 20.5 Å². The first kappa shape index (κ1) is 19.5. The van der Waals surface area contributed by atoms with E-state index in [1.165, 1.54) is 0 Å². The molecule has 1 aromatic rings. The second-order valence-electron chi connectivity index (χ2n) is 7.56. The van der Waals surface area contributed by atoms with Crippen LogP contribution in [-0.4, -0.2) is 59.4 Å². The van der Waals surface area contributed by atoms with E-state index >= 15 is 0 Å². The van der Waals surface area contributed by atoms with Crippen LogP contribution in [-0.2, 0) is 9.47 Å². The molecule has 4 rings (SSSR count). The predicted octanol–water partition coefficient (Wildman–Crippen LogP) is 0.922. The van der Waals surface area contributed by atoms with Gasteiger partial charge in [0.05, 0.1) is 24.9 Å². The van der Waals surface area contributed by atoms with Crippen molar-refractivity contribution in [1.82, 2.24) is 20.3 Å². The molecule has 1 aliphatic heterocycles. The van der Waals surface area contributed by atoms with E-state index < -0.39 is 0 Å². The fourth-order valence-corrected chi connectivity index (χ4v) is 4.59. The van der Waals surface area contributed by atoms with Crippen LogP contribution >= 0.6 is 12.4 Å². The van der Waals surface area contributed by atoms with Gasteiger partial charge in [-0.15, -0.1) is 17.5 Å². The molecule has 1 aromatic heterocycles. The van der Waals surface area contributed by atoms with E-state index in [0.717, 1.165) is 38.7 Å². The second-order valence-corrected chi connectivity index (χ2v) is 7.56. The number of carbonyl (C=O) groups excluding carboxylic acids is 1. The van der Waals surface area contributed by atoms with Crippen molar-refractivity contribution in [3.63, 3.8) is 0 Å². The monoisotopic (exact) mass is 385 g/mol. The van der Waals surface area contributed by atoms with Crippen LogP contribution in [0.2, 0.25) is 0 Å². The van der Waals surface area contributed by atoms with Gasteiger partial charge in [-0.2, -0.15) is 0 Å². The van der Waals surface area contributed by atoms with Gasteiger partial charge in [-0.25, -0.2) is 4.68 Å². The molecule has 0 radical (unpaired) electrons. The van der Waals surface area contributed by atoms with Crippen molar-refractivity contribution in [3.05, 3.63) is 11.9 Å². The van der Waals surface area contributed by atoms with Crippen LogP contribution in [0.1, 0.15) is 48.6 Å². The number of carbonyl (C=O) groups is 1. The molecule has 0 unspecified atom stereocenters. The molecule has 2 saturated carbocycles. The van der Waals surface area contributed by atoms with Gasteiger partial charge in [-0.3, -0.25) is 4.79 Å². The van der Waals surface area contributed by atoms with Gasteiger partial charge in [-0.05, 0) is 32.1 Å². The highest BCUT2D eigenvalue weighted by Gasteiger charge is 2.54. The van der Waals surface area contributed by atoms with Crippen LogP contribution in [0.3, 0.4) is 0 Å². The van der Waals surface area contributed by atoms with Crippen molar-refractivity contribution in [2.24, 2.45) is 17.6 Å². The smallest absolute Gasteiger partial charge is 0.273 e. The molecule has 146 valence electrons. The van der Waals surface area contributed by atoms with Gasteiger partial charge in [0.25, 0.3) is 5.91 Å². The lowest BCUT2D eigenvalue weighted by Crippen LogP contribution is -2.62. The average Bonchev–Trinajstić information content (AvgIpc) is 3.26. The summed E-state index contributed by atoms with van der Waals surface area (Å²) < 4.78 is 12.9. The van der Waals surface area contributed by atoms with Crippen molar-refractivity contribution in [1.29, 1.82) is 0 Å². The first-order chi connectivity index (χ1) is 12.2. The van der Waals surface area contributed by atoms with Gasteiger partial charge in [-0.1, -0.05) is 5.21 Å². The third-order valence-electron chi connectivity index (χ3n) is 6.04. The minimum Gasteiger partial charge on any atom is -0.384 e.